The van der Waals surface area contributed by atoms with Crippen molar-refractivity contribution in [2.45, 2.75) is 6.92 Å². The van der Waals surface area contributed by atoms with Crippen molar-refractivity contribution < 1.29 is 4.79 Å². The lowest BCUT2D eigenvalue weighted by molar-refractivity contribution is 0.227. The number of nitrogens with one attached hydrogen (secondary N) is 3. The van der Waals surface area contributed by atoms with Crippen molar-refractivity contribution in [1.82, 2.24) is 20.9 Å². The first-order chi connectivity index (χ1) is 6.83. The van der Waals surface area contributed by atoms with Crippen LogP contribution in [0.5, 0.6) is 0 Å². The van der Waals surface area contributed by atoms with Crippen LogP contribution in [0.3, 0.4) is 0 Å². The molecule has 1 aliphatic rings. The summed E-state index contributed by atoms with van der Waals surface area (Å²) in [6.07, 6.45) is 0. The third-order valence-electron chi connectivity index (χ3n) is 2.26. The van der Waals surface area contributed by atoms with Gasteiger partial charge >= 0.3 is 6.03 Å². The summed E-state index contributed by atoms with van der Waals surface area (Å²) in [6, 6.07) is -0.0670. The molecule has 3 N–H and O–H groups in total. The molecule has 0 aromatic rings. The van der Waals surface area contributed by atoms with E-state index in [4.69, 9.17) is 0 Å². The van der Waals surface area contributed by atoms with Gasteiger partial charge in [-0.1, -0.05) is 0 Å². The molecule has 0 bridgehead atoms. The predicted molar refractivity (Wildman–Crippen MR) is 56.4 cm³/mol. The molecule has 0 aliphatic carbocycles. The summed E-state index contributed by atoms with van der Waals surface area (Å²) in [5.41, 5.74) is 0. The third-order valence-corrected chi connectivity index (χ3v) is 2.26. The van der Waals surface area contributed by atoms with Gasteiger partial charge in [0.25, 0.3) is 0 Å². The van der Waals surface area contributed by atoms with Crippen molar-refractivity contribution in [3.05, 3.63) is 0 Å². The average molecular weight is 200 g/mol. The Morgan fingerprint density at radius 1 is 1.36 bits per heavy atom. The largest absolute Gasteiger partial charge is 0.338 e. The van der Waals surface area contributed by atoms with Crippen molar-refractivity contribution in [1.29, 1.82) is 0 Å². The Kier molecular flexibility index (Phi) is 5.32. The summed E-state index contributed by atoms with van der Waals surface area (Å²) >= 11 is 0. The Balaban J connectivity index is 1.99. The first-order valence-corrected chi connectivity index (χ1v) is 5.27. The van der Waals surface area contributed by atoms with Crippen LogP contribution < -0.4 is 16.0 Å². The molecule has 2 amide bonds. The molecule has 0 aromatic heterocycles. The number of rotatable bonds is 4. The normalized spacial score (nSPS) is 17.8. The highest BCUT2D eigenvalue weighted by molar-refractivity contribution is 5.73. The maximum atomic E-state index is 11.0. The van der Waals surface area contributed by atoms with Gasteiger partial charge in [0.15, 0.2) is 0 Å². The maximum Gasteiger partial charge on any atom is 0.314 e. The molecule has 5 nitrogen and oxygen atoms in total. The lowest BCUT2D eigenvalue weighted by atomic mass is 10.3. The number of piperazine rings is 1. The zero-order chi connectivity index (χ0) is 10.2. The van der Waals surface area contributed by atoms with E-state index in [-0.39, 0.29) is 6.03 Å². The molecule has 0 radical (unpaired) electrons. The summed E-state index contributed by atoms with van der Waals surface area (Å²) in [7, 11) is 0. The van der Waals surface area contributed by atoms with Crippen LogP contribution in [0.25, 0.3) is 0 Å². The Labute approximate surface area is 85.2 Å². The quantitative estimate of drug-likeness (QED) is 0.557. The number of carbonyl (C=O) groups excluding carboxylic acids is 1. The third kappa shape index (κ3) is 4.43. The lowest BCUT2D eigenvalue weighted by Crippen LogP contribution is -2.47. The van der Waals surface area contributed by atoms with Gasteiger partial charge in [0.2, 0.25) is 0 Å². The molecule has 1 saturated heterocycles. The Bertz CT molecular complexity index is 168. The number of carbonyl (C=O) groups is 1. The molecule has 0 spiro atoms. The molecule has 0 saturated carbocycles. The lowest BCUT2D eigenvalue weighted by Gasteiger charge is -2.27. The fraction of sp³-hybridized carbons (Fsp3) is 0.889. The second-order valence-electron chi connectivity index (χ2n) is 3.38. The second kappa shape index (κ2) is 6.62. The topological polar surface area (TPSA) is 56.4 Å². The van der Waals surface area contributed by atoms with Crippen LogP contribution in [-0.2, 0) is 0 Å². The first-order valence-electron chi connectivity index (χ1n) is 5.27. The highest BCUT2D eigenvalue weighted by Gasteiger charge is 2.08. The SMILES string of the molecule is CCNC(=O)NCCN1CCNCC1. The van der Waals surface area contributed by atoms with Crippen molar-refractivity contribution in [2.75, 3.05) is 45.8 Å². The van der Waals surface area contributed by atoms with Gasteiger partial charge in [-0.15, -0.1) is 0 Å². The van der Waals surface area contributed by atoms with Crippen LogP contribution in [0.1, 0.15) is 6.92 Å². The van der Waals surface area contributed by atoms with Gasteiger partial charge in [-0.3, -0.25) is 4.90 Å². The molecular formula is C9H20N4O. The van der Waals surface area contributed by atoms with E-state index in [9.17, 15) is 4.79 Å². The van der Waals surface area contributed by atoms with Crippen LogP contribution in [-0.4, -0.2) is 56.7 Å². The maximum absolute atomic E-state index is 11.0. The van der Waals surface area contributed by atoms with Crippen LogP contribution in [0.4, 0.5) is 4.79 Å². The summed E-state index contributed by atoms with van der Waals surface area (Å²) in [6.45, 7) is 8.54. The summed E-state index contributed by atoms with van der Waals surface area (Å²) < 4.78 is 0. The van der Waals surface area contributed by atoms with Crippen molar-refractivity contribution >= 4 is 6.03 Å². The summed E-state index contributed by atoms with van der Waals surface area (Å²) in [5, 5.41) is 8.81. The predicted octanol–water partition coefficient (Wildman–Crippen LogP) is -0.789. The van der Waals surface area contributed by atoms with E-state index in [0.29, 0.717) is 6.54 Å². The Hall–Kier alpha value is -0.810. The minimum Gasteiger partial charge on any atom is -0.338 e. The standard InChI is InChI=1S/C9H20N4O/c1-2-11-9(14)12-5-8-13-6-3-10-4-7-13/h10H,2-8H2,1H3,(H2,11,12,14). The molecule has 1 heterocycles. The van der Waals surface area contributed by atoms with Gasteiger partial charge in [-0.2, -0.15) is 0 Å². The van der Waals surface area contributed by atoms with Crippen LogP contribution in [0, 0.1) is 0 Å². The monoisotopic (exact) mass is 200 g/mol. The molecule has 5 heteroatoms. The molecule has 0 unspecified atom stereocenters. The van der Waals surface area contributed by atoms with E-state index in [1.54, 1.807) is 0 Å². The van der Waals surface area contributed by atoms with E-state index in [2.05, 4.69) is 20.9 Å². The second-order valence-corrected chi connectivity index (χ2v) is 3.38. The van der Waals surface area contributed by atoms with Gasteiger partial charge in [0.1, 0.15) is 0 Å². The van der Waals surface area contributed by atoms with E-state index in [1.165, 1.54) is 0 Å². The minimum atomic E-state index is -0.0670. The van der Waals surface area contributed by atoms with Crippen molar-refractivity contribution in [2.24, 2.45) is 0 Å². The van der Waals surface area contributed by atoms with Crippen LogP contribution in [0.2, 0.25) is 0 Å². The first kappa shape index (κ1) is 11.3. The number of nitrogens with zero attached hydrogens (tertiary/aromatic N) is 1. The highest BCUT2D eigenvalue weighted by Crippen LogP contribution is 1.89. The molecule has 0 aromatic carbocycles. The Morgan fingerprint density at radius 2 is 2.07 bits per heavy atom. The van der Waals surface area contributed by atoms with Gasteiger partial charge in [-0.25, -0.2) is 4.79 Å². The molecule has 1 rings (SSSR count). The van der Waals surface area contributed by atoms with Crippen molar-refractivity contribution in [3.8, 4) is 0 Å². The molecule has 14 heavy (non-hydrogen) atoms. The molecular weight excluding hydrogens is 180 g/mol. The summed E-state index contributed by atoms with van der Waals surface area (Å²) in [5.74, 6) is 0. The zero-order valence-corrected chi connectivity index (χ0v) is 8.81. The number of hydrogen-bond acceptors (Lipinski definition) is 3. The van der Waals surface area contributed by atoms with Gasteiger partial charge in [0, 0.05) is 45.8 Å². The highest BCUT2D eigenvalue weighted by atomic mass is 16.2. The fourth-order valence-corrected chi connectivity index (χ4v) is 1.49. The van der Waals surface area contributed by atoms with Gasteiger partial charge in [-0.05, 0) is 6.92 Å². The fourth-order valence-electron chi connectivity index (χ4n) is 1.49. The molecule has 0 atom stereocenters. The van der Waals surface area contributed by atoms with E-state index >= 15 is 0 Å². The Morgan fingerprint density at radius 3 is 2.71 bits per heavy atom. The van der Waals surface area contributed by atoms with Gasteiger partial charge < -0.3 is 16.0 Å². The molecule has 1 aliphatic heterocycles. The molecule has 82 valence electrons. The molecule has 1 fully saturated rings. The van der Waals surface area contributed by atoms with Gasteiger partial charge in [0.05, 0.1) is 0 Å². The van der Waals surface area contributed by atoms with E-state index < -0.39 is 0 Å². The van der Waals surface area contributed by atoms with Crippen molar-refractivity contribution in [3.63, 3.8) is 0 Å². The number of urea groups is 1. The minimum absolute atomic E-state index is 0.0670. The number of hydrogen-bond donors (Lipinski definition) is 3. The smallest absolute Gasteiger partial charge is 0.314 e. The number of amides is 2. The van der Waals surface area contributed by atoms with E-state index in [1.807, 2.05) is 6.92 Å². The van der Waals surface area contributed by atoms with Crippen LogP contribution in [0.15, 0.2) is 0 Å². The van der Waals surface area contributed by atoms with E-state index in [0.717, 1.165) is 39.3 Å². The summed E-state index contributed by atoms with van der Waals surface area (Å²) in [4.78, 5) is 13.4. The average Bonchev–Trinajstić information content (AvgIpc) is 2.20. The zero-order valence-electron chi connectivity index (χ0n) is 8.81. The van der Waals surface area contributed by atoms with Crippen LogP contribution >= 0.6 is 0 Å².